The summed E-state index contributed by atoms with van der Waals surface area (Å²) in [4.78, 5) is 12.8. The van der Waals surface area contributed by atoms with E-state index in [1.807, 2.05) is 43.3 Å². The van der Waals surface area contributed by atoms with Crippen molar-refractivity contribution in [1.29, 1.82) is 0 Å². The molecule has 0 aromatic heterocycles. The molecule has 4 rings (SSSR count). The van der Waals surface area contributed by atoms with Gasteiger partial charge in [0.25, 0.3) is 10.0 Å². The van der Waals surface area contributed by atoms with Crippen LogP contribution in [0.4, 0.5) is 5.69 Å². The second-order valence-electron chi connectivity index (χ2n) is 6.48. The van der Waals surface area contributed by atoms with Crippen molar-refractivity contribution in [3.05, 3.63) is 70.7 Å². The molecule has 1 amide bonds. The largest absolute Gasteiger partial charge is 0.348 e. The average Bonchev–Trinajstić information content (AvgIpc) is 2.86. The first kappa shape index (κ1) is 18.0. The van der Waals surface area contributed by atoms with Gasteiger partial charge in [-0.15, -0.1) is 0 Å². The molecule has 1 aliphatic heterocycles. The lowest BCUT2D eigenvalue weighted by atomic mass is 10.1. The highest BCUT2D eigenvalue weighted by molar-refractivity contribution is 9.10. The molecule has 0 aliphatic carbocycles. The Morgan fingerprint density at radius 3 is 2.44 bits per heavy atom. The summed E-state index contributed by atoms with van der Waals surface area (Å²) in [5.41, 5.74) is 1.50. The van der Waals surface area contributed by atoms with Crippen molar-refractivity contribution < 1.29 is 13.2 Å². The Morgan fingerprint density at radius 2 is 1.74 bits per heavy atom. The molecule has 138 valence electrons. The Bertz CT molecular complexity index is 1140. The van der Waals surface area contributed by atoms with Gasteiger partial charge in [0.1, 0.15) is 6.54 Å². The van der Waals surface area contributed by atoms with E-state index in [0.29, 0.717) is 11.1 Å². The summed E-state index contributed by atoms with van der Waals surface area (Å²) in [5, 5.41) is 4.40. The average molecular weight is 445 g/mol. The highest BCUT2D eigenvalue weighted by Crippen LogP contribution is 2.41. The van der Waals surface area contributed by atoms with Crippen LogP contribution in [-0.4, -0.2) is 20.9 Å². The standard InChI is InChI=1S/C20H17BrN2O3S/c1-13(14-8-10-16(21)11-9-14)22-19(24)12-23-17-6-2-4-15-5-3-7-18(20(15)17)27(23,25)26/h2-11,13H,12H2,1H3,(H,22,24)/t13-/m1/s1. The van der Waals surface area contributed by atoms with Crippen molar-refractivity contribution in [3.63, 3.8) is 0 Å². The number of hydrogen-bond acceptors (Lipinski definition) is 3. The molecule has 0 saturated carbocycles. The van der Waals surface area contributed by atoms with Gasteiger partial charge in [-0.05, 0) is 42.1 Å². The van der Waals surface area contributed by atoms with Gasteiger partial charge in [0.05, 0.1) is 16.6 Å². The zero-order chi connectivity index (χ0) is 19.2. The van der Waals surface area contributed by atoms with Crippen molar-refractivity contribution in [3.8, 4) is 0 Å². The fraction of sp³-hybridized carbons (Fsp3) is 0.150. The van der Waals surface area contributed by atoms with Crippen LogP contribution in [0.1, 0.15) is 18.5 Å². The SMILES string of the molecule is C[C@@H](NC(=O)CN1c2cccc3cccc(c23)S1(=O)=O)c1ccc(Br)cc1. The number of halogens is 1. The molecule has 1 heterocycles. The Balaban J connectivity index is 1.59. The lowest BCUT2D eigenvalue weighted by molar-refractivity contribution is -0.120. The van der Waals surface area contributed by atoms with Crippen molar-refractivity contribution in [1.82, 2.24) is 5.32 Å². The topological polar surface area (TPSA) is 66.5 Å². The van der Waals surface area contributed by atoms with Gasteiger partial charge in [-0.25, -0.2) is 8.42 Å². The highest BCUT2D eigenvalue weighted by Gasteiger charge is 2.36. The molecule has 7 heteroatoms. The number of carbonyl (C=O) groups excluding carboxylic acids is 1. The number of hydrogen-bond donors (Lipinski definition) is 1. The third kappa shape index (κ3) is 3.11. The van der Waals surface area contributed by atoms with Crippen LogP contribution in [0.5, 0.6) is 0 Å². The molecule has 5 nitrogen and oxygen atoms in total. The van der Waals surface area contributed by atoms with Gasteiger partial charge >= 0.3 is 0 Å². The fourth-order valence-corrected chi connectivity index (χ4v) is 5.31. The molecule has 3 aromatic carbocycles. The molecule has 1 N–H and O–H groups in total. The summed E-state index contributed by atoms with van der Waals surface area (Å²) >= 11 is 3.38. The molecular weight excluding hydrogens is 428 g/mol. The molecule has 0 unspecified atom stereocenters. The van der Waals surface area contributed by atoms with Crippen molar-refractivity contribution in [2.45, 2.75) is 17.9 Å². The zero-order valence-electron chi connectivity index (χ0n) is 14.5. The minimum atomic E-state index is -3.73. The van der Waals surface area contributed by atoms with Crippen LogP contribution in [0.2, 0.25) is 0 Å². The molecule has 0 radical (unpaired) electrons. The molecule has 0 saturated heterocycles. The van der Waals surface area contributed by atoms with E-state index in [1.54, 1.807) is 24.3 Å². The van der Waals surface area contributed by atoms with Crippen LogP contribution >= 0.6 is 15.9 Å². The van der Waals surface area contributed by atoms with E-state index < -0.39 is 10.0 Å². The number of sulfonamides is 1. The van der Waals surface area contributed by atoms with E-state index >= 15 is 0 Å². The zero-order valence-corrected chi connectivity index (χ0v) is 16.9. The normalized spacial score (nSPS) is 15.7. The summed E-state index contributed by atoms with van der Waals surface area (Å²) in [7, 11) is -3.73. The number of anilines is 1. The van der Waals surface area contributed by atoms with E-state index in [4.69, 9.17) is 0 Å². The summed E-state index contributed by atoms with van der Waals surface area (Å²) < 4.78 is 28.0. The third-order valence-electron chi connectivity index (χ3n) is 4.72. The molecule has 3 aromatic rings. The van der Waals surface area contributed by atoms with Gasteiger partial charge in [-0.2, -0.15) is 0 Å². The highest BCUT2D eigenvalue weighted by atomic mass is 79.9. The number of nitrogens with zero attached hydrogens (tertiary/aromatic N) is 1. The van der Waals surface area contributed by atoms with E-state index in [-0.39, 0.29) is 23.4 Å². The summed E-state index contributed by atoms with van der Waals surface area (Å²) in [6.45, 7) is 1.62. The maximum Gasteiger partial charge on any atom is 0.265 e. The van der Waals surface area contributed by atoms with Crippen LogP contribution in [0.3, 0.4) is 0 Å². The van der Waals surface area contributed by atoms with Crippen LogP contribution in [0.25, 0.3) is 10.8 Å². The van der Waals surface area contributed by atoms with Crippen LogP contribution < -0.4 is 9.62 Å². The monoisotopic (exact) mass is 444 g/mol. The van der Waals surface area contributed by atoms with E-state index in [9.17, 15) is 13.2 Å². The smallest absolute Gasteiger partial charge is 0.265 e. The molecule has 0 spiro atoms. The van der Waals surface area contributed by atoms with Gasteiger partial charge in [-0.3, -0.25) is 9.10 Å². The van der Waals surface area contributed by atoms with Gasteiger partial charge in [0, 0.05) is 9.86 Å². The Kier molecular flexibility index (Phi) is 4.44. The van der Waals surface area contributed by atoms with Gasteiger partial charge in [0.2, 0.25) is 5.91 Å². The maximum absolute atomic E-state index is 12.9. The van der Waals surface area contributed by atoms with Crippen molar-refractivity contribution >= 4 is 48.3 Å². The quantitative estimate of drug-likeness (QED) is 0.661. The summed E-state index contributed by atoms with van der Waals surface area (Å²) in [6.07, 6.45) is 0. The number of nitrogens with one attached hydrogen (secondary N) is 1. The first-order valence-corrected chi connectivity index (χ1v) is 10.7. The number of rotatable bonds is 4. The second kappa shape index (κ2) is 6.65. The first-order valence-electron chi connectivity index (χ1n) is 8.47. The maximum atomic E-state index is 12.9. The third-order valence-corrected chi connectivity index (χ3v) is 7.05. The lowest BCUT2D eigenvalue weighted by Gasteiger charge is -2.20. The predicted molar refractivity (Wildman–Crippen MR) is 109 cm³/mol. The number of amides is 1. The Labute approximate surface area is 166 Å². The minimum absolute atomic E-state index is 0.228. The van der Waals surface area contributed by atoms with Gasteiger partial charge < -0.3 is 5.32 Å². The Hall–Kier alpha value is -2.38. The van der Waals surface area contributed by atoms with E-state index in [2.05, 4.69) is 21.2 Å². The molecule has 0 fully saturated rings. The van der Waals surface area contributed by atoms with Gasteiger partial charge in [0.15, 0.2) is 0 Å². The van der Waals surface area contributed by atoms with Crippen LogP contribution in [0.15, 0.2) is 70.0 Å². The molecule has 0 bridgehead atoms. The van der Waals surface area contributed by atoms with Crippen LogP contribution in [-0.2, 0) is 14.8 Å². The fourth-order valence-electron chi connectivity index (χ4n) is 3.38. The number of benzene rings is 3. The van der Waals surface area contributed by atoms with Crippen LogP contribution in [0, 0.1) is 0 Å². The lowest BCUT2D eigenvalue weighted by Crippen LogP contribution is -2.39. The van der Waals surface area contributed by atoms with Crippen molar-refractivity contribution in [2.75, 3.05) is 10.8 Å². The molecule has 1 atom stereocenters. The Morgan fingerprint density at radius 1 is 1.07 bits per heavy atom. The van der Waals surface area contributed by atoms with Crippen molar-refractivity contribution in [2.24, 2.45) is 0 Å². The first-order chi connectivity index (χ1) is 12.9. The molecular formula is C20H17BrN2O3S. The van der Waals surface area contributed by atoms with Gasteiger partial charge in [-0.1, -0.05) is 52.3 Å². The summed E-state index contributed by atoms with van der Waals surface area (Å²) in [6, 6.07) is 18.0. The van der Waals surface area contributed by atoms with E-state index in [0.717, 1.165) is 15.4 Å². The number of carbonyl (C=O) groups is 1. The molecule has 1 aliphatic rings. The second-order valence-corrected chi connectivity index (χ2v) is 9.23. The van der Waals surface area contributed by atoms with E-state index in [1.165, 1.54) is 4.31 Å². The summed E-state index contributed by atoms with van der Waals surface area (Å²) in [5.74, 6) is -0.348. The minimum Gasteiger partial charge on any atom is -0.348 e. The molecule has 27 heavy (non-hydrogen) atoms. The predicted octanol–water partition coefficient (Wildman–Crippen LogP) is 3.99.